The second-order valence-electron chi connectivity index (χ2n) is 6.62. The van der Waals surface area contributed by atoms with E-state index < -0.39 is 10.0 Å². The van der Waals surface area contributed by atoms with E-state index in [1.165, 1.54) is 21.2 Å². The van der Waals surface area contributed by atoms with Crippen molar-refractivity contribution in [2.24, 2.45) is 0 Å². The number of benzene rings is 1. The summed E-state index contributed by atoms with van der Waals surface area (Å²) in [4.78, 5) is 13.0. The van der Waals surface area contributed by atoms with Crippen LogP contribution in [-0.4, -0.2) is 38.3 Å². The van der Waals surface area contributed by atoms with E-state index in [0.29, 0.717) is 23.8 Å². The molecule has 0 aliphatic carbocycles. The van der Waals surface area contributed by atoms with Gasteiger partial charge in [0, 0.05) is 24.5 Å². The van der Waals surface area contributed by atoms with Crippen molar-refractivity contribution in [2.75, 3.05) is 19.6 Å². The Kier molecular flexibility index (Phi) is 6.11. The minimum Gasteiger partial charge on any atom is -0.355 e. The molecule has 1 amide bonds. The molecule has 1 aromatic carbocycles. The van der Waals surface area contributed by atoms with Gasteiger partial charge in [0.15, 0.2) is 0 Å². The normalized spacial score (nSPS) is 16.5. The molecule has 1 aliphatic rings. The molecule has 1 N–H and O–H groups in total. The molecule has 1 aromatic heterocycles. The van der Waals surface area contributed by atoms with Crippen LogP contribution in [0.15, 0.2) is 46.7 Å². The Labute approximate surface area is 159 Å². The van der Waals surface area contributed by atoms with Crippen LogP contribution in [0, 0.1) is 0 Å². The summed E-state index contributed by atoms with van der Waals surface area (Å²) in [5.74, 6) is 0.148. The highest BCUT2D eigenvalue weighted by Crippen LogP contribution is 2.27. The number of nitrogens with one attached hydrogen (secondary N) is 1. The first-order valence-electron chi connectivity index (χ1n) is 8.87. The van der Waals surface area contributed by atoms with Crippen molar-refractivity contribution in [1.82, 2.24) is 9.62 Å². The van der Waals surface area contributed by atoms with Gasteiger partial charge in [-0.1, -0.05) is 37.3 Å². The third kappa shape index (κ3) is 4.52. The first kappa shape index (κ1) is 19.1. The number of hydrogen-bond acceptors (Lipinski definition) is 4. The first-order chi connectivity index (χ1) is 12.5. The van der Waals surface area contributed by atoms with Gasteiger partial charge in [-0.3, -0.25) is 4.79 Å². The number of carbonyl (C=O) groups is 1. The van der Waals surface area contributed by atoms with E-state index in [1.807, 2.05) is 30.3 Å². The van der Waals surface area contributed by atoms with Crippen molar-refractivity contribution >= 4 is 27.3 Å². The molecule has 1 fully saturated rings. The van der Waals surface area contributed by atoms with E-state index >= 15 is 0 Å². The topological polar surface area (TPSA) is 66.5 Å². The summed E-state index contributed by atoms with van der Waals surface area (Å²) < 4.78 is 26.9. The van der Waals surface area contributed by atoms with Crippen molar-refractivity contribution in [2.45, 2.75) is 36.3 Å². The van der Waals surface area contributed by atoms with Gasteiger partial charge in [-0.05, 0) is 36.5 Å². The lowest BCUT2D eigenvalue weighted by Gasteiger charge is -2.13. The molecule has 1 aliphatic heterocycles. The van der Waals surface area contributed by atoms with Crippen LogP contribution >= 0.6 is 11.3 Å². The monoisotopic (exact) mass is 392 g/mol. The average molecular weight is 393 g/mol. The fourth-order valence-electron chi connectivity index (χ4n) is 3.03. The third-order valence-electron chi connectivity index (χ3n) is 4.60. The highest BCUT2D eigenvalue weighted by molar-refractivity contribution is 7.91. The standard InChI is InChI=1S/C19H24N2O3S2/c1-15(16-7-3-2-4-8-16)14-20-18(22)13-17-9-10-19(25-17)26(23,24)21-11-5-6-12-21/h2-4,7-10,15H,5-6,11-14H2,1H3,(H,20,22). The lowest BCUT2D eigenvalue weighted by Crippen LogP contribution is -2.28. The Bertz CT molecular complexity index is 841. The minimum atomic E-state index is -3.40. The van der Waals surface area contributed by atoms with E-state index in [-0.39, 0.29) is 18.2 Å². The van der Waals surface area contributed by atoms with Crippen LogP contribution < -0.4 is 5.32 Å². The summed E-state index contributed by atoms with van der Waals surface area (Å²) in [6.07, 6.45) is 2.04. The molecular weight excluding hydrogens is 368 g/mol. The maximum Gasteiger partial charge on any atom is 0.252 e. The van der Waals surface area contributed by atoms with Crippen LogP contribution in [0.2, 0.25) is 0 Å². The smallest absolute Gasteiger partial charge is 0.252 e. The quantitative estimate of drug-likeness (QED) is 0.788. The molecule has 26 heavy (non-hydrogen) atoms. The molecular formula is C19H24N2O3S2. The molecule has 1 unspecified atom stereocenters. The second kappa shape index (κ2) is 8.33. The Hall–Kier alpha value is -1.70. The van der Waals surface area contributed by atoms with Gasteiger partial charge >= 0.3 is 0 Å². The first-order valence-corrected chi connectivity index (χ1v) is 11.1. The van der Waals surface area contributed by atoms with Crippen LogP contribution in [0.5, 0.6) is 0 Å². The molecule has 0 bridgehead atoms. The molecule has 7 heteroatoms. The molecule has 2 aromatic rings. The molecule has 0 saturated carbocycles. The Morgan fingerprint density at radius 3 is 2.54 bits per heavy atom. The van der Waals surface area contributed by atoms with Crippen molar-refractivity contribution in [3.8, 4) is 0 Å². The van der Waals surface area contributed by atoms with Crippen LogP contribution in [-0.2, 0) is 21.2 Å². The fourth-order valence-corrected chi connectivity index (χ4v) is 6.06. The molecule has 5 nitrogen and oxygen atoms in total. The van der Waals surface area contributed by atoms with E-state index in [9.17, 15) is 13.2 Å². The van der Waals surface area contributed by atoms with E-state index in [4.69, 9.17) is 0 Å². The predicted octanol–water partition coefficient (Wildman–Crippen LogP) is 3.00. The number of thiophene rings is 1. The van der Waals surface area contributed by atoms with Gasteiger partial charge in [0.25, 0.3) is 10.0 Å². The molecule has 1 saturated heterocycles. The van der Waals surface area contributed by atoms with Crippen LogP contribution in [0.4, 0.5) is 0 Å². The van der Waals surface area contributed by atoms with Crippen molar-refractivity contribution in [3.63, 3.8) is 0 Å². The molecule has 3 rings (SSSR count). The summed E-state index contributed by atoms with van der Waals surface area (Å²) in [6.45, 7) is 3.81. The average Bonchev–Trinajstić information content (AvgIpc) is 3.33. The van der Waals surface area contributed by atoms with Gasteiger partial charge in [-0.25, -0.2) is 8.42 Å². The number of rotatable bonds is 7. The second-order valence-corrected chi connectivity index (χ2v) is 9.96. The lowest BCUT2D eigenvalue weighted by atomic mass is 10.0. The van der Waals surface area contributed by atoms with Gasteiger partial charge in [-0.2, -0.15) is 4.31 Å². The summed E-state index contributed by atoms with van der Waals surface area (Å²) in [5.41, 5.74) is 1.18. The highest BCUT2D eigenvalue weighted by atomic mass is 32.2. The maximum absolute atomic E-state index is 12.5. The number of amides is 1. The number of sulfonamides is 1. The molecule has 0 radical (unpaired) electrons. The van der Waals surface area contributed by atoms with E-state index in [1.54, 1.807) is 12.1 Å². The Morgan fingerprint density at radius 2 is 1.85 bits per heavy atom. The molecule has 1 atom stereocenters. The van der Waals surface area contributed by atoms with E-state index in [0.717, 1.165) is 17.7 Å². The minimum absolute atomic E-state index is 0.0836. The van der Waals surface area contributed by atoms with Crippen LogP contribution in [0.3, 0.4) is 0 Å². The maximum atomic E-state index is 12.5. The lowest BCUT2D eigenvalue weighted by molar-refractivity contribution is -0.120. The van der Waals surface area contributed by atoms with Crippen LogP contribution in [0.25, 0.3) is 0 Å². The summed E-state index contributed by atoms with van der Waals surface area (Å²) in [5, 5.41) is 2.94. The summed E-state index contributed by atoms with van der Waals surface area (Å²) in [6, 6.07) is 13.4. The molecule has 0 spiro atoms. The van der Waals surface area contributed by atoms with E-state index in [2.05, 4.69) is 12.2 Å². The number of carbonyl (C=O) groups excluding carboxylic acids is 1. The predicted molar refractivity (Wildman–Crippen MR) is 104 cm³/mol. The zero-order valence-corrected chi connectivity index (χ0v) is 16.5. The van der Waals surface area contributed by atoms with Gasteiger partial charge in [0.2, 0.25) is 5.91 Å². The van der Waals surface area contributed by atoms with Gasteiger partial charge < -0.3 is 5.32 Å². The summed E-state index contributed by atoms with van der Waals surface area (Å²) in [7, 11) is -3.40. The van der Waals surface area contributed by atoms with Crippen LogP contribution in [0.1, 0.15) is 36.1 Å². The summed E-state index contributed by atoms with van der Waals surface area (Å²) >= 11 is 1.20. The van der Waals surface area contributed by atoms with Gasteiger partial charge in [0.05, 0.1) is 6.42 Å². The van der Waals surface area contributed by atoms with Crippen molar-refractivity contribution < 1.29 is 13.2 Å². The van der Waals surface area contributed by atoms with Gasteiger partial charge in [-0.15, -0.1) is 11.3 Å². The largest absolute Gasteiger partial charge is 0.355 e. The Balaban J connectivity index is 1.54. The fraction of sp³-hybridized carbons (Fsp3) is 0.421. The van der Waals surface area contributed by atoms with Gasteiger partial charge in [0.1, 0.15) is 4.21 Å². The van der Waals surface area contributed by atoms with Crippen molar-refractivity contribution in [3.05, 3.63) is 52.9 Å². The SMILES string of the molecule is CC(CNC(=O)Cc1ccc(S(=O)(=O)N2CCCC2)s1)c1ccccc1. The zero-order valence-electron chi connectivity index (χ0n) is 14.8. The number of hydrogen-bond donors (Lipinski definition) is 1. The third-order valence-corrected chi connectivity index (χ3v) is 8.06. The van der Waals surface area contributed by atoms with Crippen molar-refractivity contribution in [1.29, 1.82) is 0 Å². The number of nitrogens with zero attached hydrogens (tertiary/aromatic N) is 1. The Morgan fingerprint density at radius 1 is 1.15 bits per heavy atom. The highest BCUT2D eigenvalue weighted by Gasteiger charge is 2.28. The molecule has 140 valence electrons. The molecule has 2 heterocycles. The zero-order chi connectivity index (χ0) is 18.6.